The summed E-state index contributed by atoms with van der Waals surface area (Å²) in [5.74, 6) is 0. The van der Waals surface area contributed by atoms with E-state index >= 15 is 0 Å². The van der Waals surface area contributed by atoms with Gasteiger partial charge in [0.15, 0.2) is 0 Å². The summed E-state index contributed by atoms with van der Waals surface area (Å²) in [6, 6.07) is 3.71. The van der Waals surface area contributed by atoms with E-state index in [0.29, 0.717) is 6.42 Å². The van der Waals surface area contributed by atoms with E-state index in [-0.39, 0.29) is 12.7 Å². The lowest BCUT2D eigenvalue weighted by molar-refractivity contribution is 0.444. The summed E-state index contributed by atoms with van der Waals surface area (Å²) in [5.41, 5.74) is 5.67. The second-order valence-corrected chi connectivity index (χ2v) is 4.72. The lowest BCUT2D eigenvalue weighted by Crippen LogP contribution is -2.08. The van der Waals surface area contributed by atoms with E-state index < -0.39 is 0 Å². The van der Waals surface area contributed by atoms with Gasteiger partial charge in [-0.1, -0.05) is 0 Å². The third-order valence-corrected chi connectivity index (χ3v) is 3.14. The van der Waals surface area contributed by atoms with Gasteiger partial charge >= 0.3 is 0 Å². The minimum absolute atomic E-state index is 0.142. The molecule has 0 bridgehead atoms. The summed E-state index contributed by atoms with van der Waals surface area (Å²) >= 11 is 4.88. The summed E-state index contributed by atoms with van der Waals surface area (Å²) in [6.07, 6.45) is 0.410. The fraction of sp³-hybridized carbons (Fsp3) is 0.429. The monoisotopic (exact) mass is 237 g/mol. The average Bonchev–Trinajstić information content (AvgIpc) is 2.36. The summed E-state index contributed by atoms with van der Waals surface area (Å²) in [5, 5.41) is 0. The van der Waals surface area contributed by atoms with Gasteiger partial charge in [0.1, 0.15) is 0 Å². The Labute approximate surface area is 77.5 Å². The highest BCUT2D eigenvalue weighted by Crippen LogP contribution is 2.27. The van der Waals surface area contributed by atoms with E-state index in [1.807, 2.05) is 12.1 Å². The first-order valence-corrected chi connectivity index (χ1v) is 4.91. The van der Waals surface area contributed by atoms with Crippen LogP contribution in [-0.2, 0) is 0 Å². The molecule has 1 atom stereocenters. The third kappa shape index (κ3) is 2.54. The van der Waals surface area contributed by atoms with Gasteiger partial charge in [-0.2, -0.15) is 0 Å². The molecule has 0 aliphatic heterocycles. The highest BCUT2D eigenvalue weighted by Gasteiger charge is 2.07. The van der Waals surface area contributed by atoms with Gasteiger partial charge in [0.25, 0.3) is 0 Å². The van der Waals surface area contributed by atoms with Crippen LogP contribution in [-0.4, -0.2) is 6.67 Å². The largest absolute Gasteiger partial charge is 0.323 e. The average molecular weight is 238 g/mol. The zero-order valence-corrected chi connectivity index (χ0v) is 8.29. The van der Waals surface area contributed by atoms with Crippen molar-refractivity contribution in [1.29, 1.82) is 0 Å². The smallest absolute Gasteiger partial charge is 0.0912 e. The molecular formula is C7H9BrFNS. The van der Waals surface area contributed by atoms with E-state index in [1.165, 1.54) is 0 Å². The number of nitrogens with two attached hydrogens (primary N) is 1. The normalized spacial score (nSPS) is 13.4. The minimum Gasteiger partial charge on any atom is -0.323 e. The van der Waals surface area contributed by atoms with Crippen molar-refractivity contribution >= 4 is 27.3 Å². The maximum absolute atomic E-state index is 11.8. The molecule has 0 aliphatic rings. The number of hydrogen-bond donors (Lipinski definition) is 1. The zero-order chi connectivity index (χ0) is 8.27. The van der Waals surface area contributed by atoms with Gasteiger partial charge < -0.3 is 5.73 Å². The topological polar surface area (TPSA) is 26.0 Å². The lowest BCUT2D eigenvalue weighted by Gasteiger charge is -2.04. The van der Waals surface area contributed by atoms with Crippen LogP contribution in [0.4, 0.5) is 4.39 Å². The molecule has 0 fully saturated rings. The van der Waals surface area contributed by atoms with E-state index in [0.717, 1.165) is 8.66 Å². The zero-order valence-electron chi connectivity index (χ0n) is 5.89. The molecule has 4 heteroatoms. The molecule has 11 heavy (non-hydrogen) atoms. The maximum Gasteiger partial charge on any atom is 0.0912 e. The Morgan fingerprint density at radius 2 is 2.36 bits per heavy atom. The van der Waals surface area contributed by atoms with Crippen LogP contribution >= 0.6 is 27.3 Å². The number of halogens is 2. The quantitative estimate of drug-likeness (QED) is 0.860. The Bertz CT molecular complexity index is 226. The van der Waals surface area contributed by atoms with E-state index in [9.17, 15) is 4.39 Å². The van der Waals surface area contributed by atoms with Gasteiger partial charge in [0.05, 0.1) is 10.5 Å². The predicted molar refractivity (Wildman–Crippen MR) is 49.5 cm³/mol. The summed E-state index contributed by atoms with van der Waals surface area (Å²) in [4.78, 5) is 1.04. The van der Waals surface area contributed by atoms with E-state index in [4.69, 9.17) is 5.73 Å². The number of rotatable bonds is 3. The number of hydrogen-bond acceptors (Lipinski definition) is 2. The first-order valence-electron chi connectivity index (χ1n) is 3.31. The van der Waals surface area contributed by atoms with Crippen molar-refractivity contribution in [3.8, 4) is 0 Å². The molecule has 0 unspecified atom stereocenters. The SMILES string of the molecule is N[C@@H](CCF)c1ccc(Br)s1. The molecule has 1 heterocycles. The van der Waals surface area contributed by atoms with Crippen LogP contribution in [0.15, 0.2) is 15.9 Å². The predicted octanol–water partition coefficient (Wildman–Crippen LogP) is 2.87. The Hall–Kier alpha value is 0.0700. The molecule has 0 saturated carbocycles. The Morgan fingerprint density at radius 1 is 1.64 bits per heavy atom. The molecule has 0 saturated heterocycles. The molecule has 0 aliphatic carbocycles. The molecule has 1 rings (SSSR count). The van der Waals surface area contributed by atoms with Crippen LogP contribution in [0.1, 0.15) is 17.3 Å². The van der Waals surface area contributed by atoms with E-state index in [2.05, 4.69) is 15.9 Å². The first kappa shape index (κ1) is 9.16. The maximum atomic E-state index is 11.8. The molecule has 0 aromatic carbocycles. The summed E-state index contributed by atoms with van der Waals surface area (Å²) in [6.45, 7) is -0.351. The summed E-state index contributed by atoms with van der Waals surface area (Å²) in [7, 11) is 0. The van der Waals surface area contributed by atoms with Crippen LogP contribution in [0, 0.1) is 0 Å². The van der Waals surface area contributed by atoms with Crippen molar-refractivity contribution < 1.29 is 4.39 Å². The van der Waals surface area contributed by atoms with E-state index in [1.54, 1.807) is 11.3 Å². The van der Waals surface area contributed by atoms with Crippen LogP contribution < -0.4 is 5.73 Å². The molecule has 0 spiro atoms. The fourth-order valence-corrected chi connectivity index (χ4v) is 2.25. The number of alkyl halides is 1. The van der Waals surface area contributed by atoms with Crippen LogP contribution in [0.5, 0.6) is 0 Å². The highest BCUT2D eigenvalue weighted by molar-refractivity contribution is 9.11. The van der Waals surface area contributed by atoms with Crippen molar-refractivity contribution in [3.63, 3.8) is 0 Å². The molecule has 1 aromatic rings. The fourth-order valence-electron chi connectivity index (χ4n) is 0.787. The van der Waals surface area contributed by atoms with Gasteiger partial charge in [0.2, 0.25) is 0 Å². The summed E-state index contributed by atoms with van der Waals surface area (Å²) < 4.78 is 12.9. The highest BCUT2D eigenvalue weighted by atomic mass is 79.9. The van der Waals surface area contributed by atoms with Gasteiger partial charge in [0, 0.05) is 10.9 Å². The van der Waals surface area contributed by atoms with Crippen molar-refractivity contribution in [2.45, 2.75) is 12.5 Å². The number of thiophene rings is 1. The molecule has 0 amide bonds. The van der Waals surface area contributed by atoms with Crippen molar-refractivity contribution in [3.05, 3.63) is 20.8 Å². The van der Waals surface area contributed by atoms with Crippen LogP contribution in [0.2, 0.25) is 0 Å². The minimum atomic E-state index is -0.351. The van der Waals surface area contributed by atoms with Gasteiger partial charge in [-0.25, -0.2) is 0 Å². The molecule has 62 valence electrons. The molecule has 1 aromatic heterocycles. The molecule has 0 radical (unpaired) electrons. The second-order valence-electron chi connectivity index (χ2n) is 2.23. The van der Waals surface area contributed by atoms with Crippen LogP contribution in [0.25, 0.3) is 0 Å². The Balaban J connectivity index is 2.60. The molecule has 2 N–H and O–H groups in total. The molecule has 1 nitrogen and oxygen atoms in total. The second kappa shape index (κ2) is 4.18. The third-order valence-electron chi connectivity index (χ3n) is 1.38. The van der Waals surface area contributed by atoms with Crippen molar-refractivity contribution in [2.75, 3.05) is 6.67 Å². The van der Waals surface area contributed by atoms with Crippen LogP contribution in [0.3, 0.4) is 0 Å². The van der Waals surface area contributed by atoms with Gasteiger partial charge in [-0.05, 0) is 34.5 Å². The Morgan fingerprint density at radius 3 is 2.82 bits per heavy atom. The standard InChI is InChI=1S/C7H9BrFNS/c8-7-2-1-6(11-7)5(10)3-4-9/h1-2,5H,3-4,10H2/t5-/m0/s1. The van der Waals surface area contributed by atoms with Gasteiger partial charge in [-0.15, -0.1) is 11.3 Å². The Kier molecular flexibility index (Phi) is 3.48. The van der Waals surface area contributed by atoms with Gasteiger partial charge in [-0.3, -0.25) is 4.39 Å². The lowest BCUT2D eigenvalue weighted by atomic mass is 10.2. The van der Waals surface area contributed by atoms with Crippen molar-refractivity contribution in [1.82, 2.24) is 0 Å². The van der Waals surface area contributed by atoms with Crippen molar-refractivity contribution in [2.24, 2.45) is 5.73 Å². The molecular weight excluding hydrogens is 229 g/mol. The first-order chi connectivity index (χ1) is 5.24.